The van der Waals surface area contributed by atoms with Gasteiger partial charge in [0, 0.05) is 49.8 Å². The molecule has 0 aromatic carbocycles. The van der Waals surface area contributed by atoms with Crippen LogP contribution in [0.5, 0.6) is 17.2 Å². The Labute approximate surface area is 349 Å². The number of carbonyl (C=O) groups is 1. The summed E-state index contributed by atoms with van der Waals surface area (Å²) in [5, 5.41) is 43.6. The number of carboxylic acids is 1. The topological polar surface area (TPSA) is 301 Å². The first kappa shape index (κ1) is 51.9. The molecule has 0 radical (unpaired) electrons. The van der Waals surface area contributed by atoms with Crippen molar-refractivity contribution < 1.29 is 83.2 Å². The number of alkyl halides is 3. The Morgan fingerprint density at radius 3 is 2.13 bits per heavy atom. The van der Waals surface area contributed by atoms with Gasteiger partial charge in [-0.1, -0.05) is 19.1 Å². The first-order chi connectivity index (χ1) is 29.2. The zero-order chi connectivity index (χ0) is 46.6. The Kier molecular flexibility index (Phi) is 20.8. The number of carboxylic acid groups (broad SMARTS) is 1. The molecule has 1 saturated heterocycles. The van der Waals surface area contributed by atoms with Crippen LogP contribution in [0, 0.1) is 0 Å². The number of ether oxygens (including phenoxy) is 2. The second-order valence-corrected chi connectivity index (χ2v) is 13.8. The lowest BCUT2D eigenvalue weighted by Gasteiger charge is -2.22. The molecule has 0 spiro atoms. The summed E-state index contributed by atoms with van der Waals surface area (Å²) in [6.45, 7) is 6.54. The molecule has 0 saturated carbocycles. The van der Waals surface area contributed by atoms with E-state index in [9.17, 15) is 50.7 Å². The molecule has 0 bridgehead atoms. The maximum absolute atomic E-state index is 12.5. The summed E-state index contributed by atoms with van der Waals surface area (Å²) < 4.78 is 94.3. The van der Waals surface area contributed by atoms with Gasteiger partial charge in [0.1, 0.15) is 49.1 Å². The third-order valence-corrected chi connectivity index (χ3v) is 8.35. The highest BCUT2D eigenvalue weighted by atomic mass is 32.2. The number of aryl methyl sites for hydroxylation is 1. The Balaban J connectivity index is 0.000000309. The van der Waals surface area contributed by atoms with Crippen molar-refractivity contribution in [2.45, 2.75) is 84.0 Å². The molecule has 1 aliphatic rings. The predicted octanol–water partition coefficient (Wildman–Crippen LogP) is 4.64. The molecule has 5 heterocycles. The van der Waals surface area contributed by atoms with Gasteiger partial charge in [-0.25, -0.2) is 4.79 Å². The van der Waals surface area contributed by atoms with Crippen molar-refractivity contribution in [2.75, 3.05) is 6.61 Å². The van der Waals surface area contributed by atoms with Crippen LogP contribution < -0.4 is 25.9 Å². The molecule has 19 nitrogen and oxygen atoms in total. The summed E-state index contributed by atoms with van der Waals surface area (Å²) in [4.78, 5) is 55.1. The average Bonchev–Trinajstić information content (AvgIpc) is 3.22. The minimum atomic E-state index is -6.00. The van der Waals surface area contributed by atoms with E-state index in [1.54, 1.807) is 0 Å². The van der Waals surface area contributed by atoms with Crippen LogP contribution in [-0.4, -0.2) is 58.3 Å². The number of hydrogen-bond acceptors (Lipinski definition) is 18. The van der Waals surface area contributed by atoms with Crippen molar-refractivity contribution in [3.8, 4) is 17.2 Å². The second-order valence-electron chi connectivity index (χ2n) is 12.3. The van der Waals surface area contributed by atoms with Crippen molar-refractivity contribution in [1.29, 1.82) is 0 Å². The summed E-state index contributed by atoms with van der Waals surface area (Å²) in [6.07, 6.45) is 8.53. The van der Waals surface area contributed by atoms with Gasteiger partial charge in [-0.15, -0.1) is 6.58 Å². The third kappa shape index (κ3) is 16.6. The largest absolute Gasteiger partial charge is 0.534 e. The van der Waals surface area contributed by atoms with Gasteiger partial charge in [0.05, 0.1) is 0 Å². The molecule has 1 unspecified atom stereocenters. The molecule has 5 rings (SSSR count). The number of hydrogen-bond donors (Lipinski definition) is 5. The molecule has 1 fully saturated rings. The zero-order valence-corrected chi connectivity index (χ0v) is 33.9. The lowest BCUT2D eigenvalue weighted by Crippen LogP contribution is -2.30. The average molecular weight is 905 g/mol. The van der Waals surface area contributed by atoms with E-state index in [1.165, 1.54) is 25.1 Å². The number of aliphatic hydroxyl groups is 2. The van der Waals surface area contributed by atoms with E-state index in [1.807, 2.05) is 6.92 Å². The molecule has 4 aromatic rings. The second kappa shape index (κ2) is 24.9. The van der Waals surface area contributed by atoms with Crippen LogP contribution in [0.1, 0.15) is 84.6 Å². The molecule has 1 aliphatic heterocycles. The van der Waals surface area contributed by atoms with Crippen molar-refractivity contribution in [3.05, 3.63) is 137 Å². The van der Waals surface area contributed by atoms with E-state index in [0.717, 1.165) is 55.9 Å². The lowest BCUT2D eigenvalue weighted by atomic mass is 10.2. The van der Waals surface area contributed by atoms with Gasteiger partial charge in [0.25, 0.3) is 0 Å². The molecular weight excluding hydrogens is 861 g/mol. The molecule has 23 heteroatoms. The van der Waals surface area contributed by atoms with E-state index in [2.05, 4.69) is 15.2 Å². The summed E-state index contributed by atoms with van der Waals surface area (Å²) in [5.41, 5.74) is -8.18. The first-order valence-corrected chi connectivity index (χ1v) is 19.5. The summed E-state index contributed by atoms with van der Waals surface area (Å²) in [5.74, 6) is -3.08. The molecule has 5 N–H and O–H groups in total. The highest BCUT2D eigenvalue weighted by molar-refractivity contribution is 7.88. The molecular formula is C39H43F3O19S. The van der Waals surface area contributed by atoms with Crippen molar-refractivity contribution in [3.63, 3.8) is 0 Å². The summed E-state index contributed by atoms with van der Waals surface area (Å²) >= 11 is 0. The molecule has 340 valence electrons. The van der Waals surface area contributed by atoms with Gasteiger partial charge in [-0.3, -0.25) is 19.2 Å². The number of allylic oxidation sites excluding steroid dienone is 2. The van der Waals surface area contributed by atoms with Gasteiger partial charge in [-0.2, -0.15) is 21.6 Å². The maximum Gasteiger partial charge on any atom is 0.534 e. The molecule has 0 amide bonds. The zero-order valence-electron chi connectivity index (χ0n) is 33.0. The Morgan fingerprint density at radius 2 is 1.58 bits per heavy atom. The van der Waals surface area contributed by atoms with E-state index < -0.39 is 67.2 Å². The van der Waals surface area contributed by atoms with Gasteiger partial charge in [0.15, 0.2) is 29.0 Å². The van der Waals surface area contributed by atoms with Gasteiger partial charge in [0.2, 0.25) is 33.5 Å². The summed E-state index contributed by atoms with van der Waals surface area (Å²) in [6, 6.07) is 5.20. The van der Waals surface area contributed by atoms with Gasteiger partial charge in [-0.05, 0) is 38.7 Å². The van der Waals surface area contributed by atoms with Crippen LogP contribution >= 0.6 is 0 Å². The van der Waals surface area contributed by atoms with E-state index >= 15 is 0 Å². The van der Waals surface area contributed by atoms with Crippen LogP contribution in [0.4, 0.5) is 13.2 Å². The Morgan fingerprint density at radius 1 is 0.919 bits per heavy atom. The highest BCUT2D eigenvalue weighted by Crippen LogP contribution is 2.28. The Hall–Kier alpha value is -6.27. The van der Waals surface area contributed by atoms with Crippen molar-refractivity contribution in [2.24, 2.45) is 0 Å². The quantitative estimate of drug-likeness (QED) is 0.0693. The number of aliphatic hydroxyl groups excluding tert-OH is 2. The van der Waals surface area contributed by atoms with E-state index in [-0.39, 0.29) is 60.5 Å². The standard InChI is InChI=1S/C15H17F3O7S.2C9H10O4.C6H6O4/c1-2-5-12-14(25-26(20,21)15(16,17)18)11(19)8-10(24-12)9-23-13-6-3-4-7-22-13;1-2-3-8-9(12)7(11)4-6(5-10)13-8;1-2-3-7-4-6(10)5-8(13-7)9(11)12;7-2-4-1-5(8)6(9)3-10-4/h2,5,8,13H,3-4,6-7,9H2,1H3;2,4,10,12H,1,3,5H2;4-5H,2-3H2,1H3,(H,11,12);1,3,7,9H,2H2/b5-2+;;;. The van der Waals surface area contributed by atoms with Crippen molar-refractivity contribution >= 4 is 22.2 Å². The number of rotatable bonds is 13. The van der Waals surface area contributed by atoms with E-state index in [0.29, 0.717) is 25.2 Å². The fourth-order valence-corrected chi connectivity index (χ4v) is 5.08. The number of aromatic hydroxyl groups is 2. The first-order valence-electron chi connectivity index (χ1n) is 18.1. The highest BCUT2D eigenvalue weighted by Gasteiger charge is 2.49. The van der Waals surface area contributed by atoms with Crippen LogP contribution in [0.25, 0.3) is 6.08 Å². The maximum atomic E-state index is 12.5. The van der Waals surface area contributed by atoms with Crippen LogP contribution in [0.15, 0.2) is 92.2 Å². The monoisotopic (exact) mass is 904 g/mol. The minimum absolute atomic E-state index is 0.00553. The predicted molar refractivity (Wildman–Crippen MR) is 209 cm³/mol. The van der Waals surface area contributed by atoms with Crippen LogP contribution in [0.2, 0.25) is 0 Å². The third-order valence-electron chi connectivity index (χ3n) is 7.40. The van der Waals surface area contributed by atoms with Crippen LogP contribution in [0.3, 0.4) is 0 Å². The number of halogens is 3. The van der Waals surface area contributed by atoms with E-state index in [4.69, 9.17) is 43.2 Å². The normalized spacial score (nSPS) is 13.7. The SMILES string of the molecule is C/C=C/c1oc(COC2CCCCO2)cc(=O)c1OS(=O)(=O)C(F)(F)F.C=CCc1oc(CO)cc(=O)c1O.CCCc1cc(=O)cc(C(=O)O)o1.O=c1cc(CO)occ1O. The Bertz CT molecular complexity index is 2470. The lowest BCUT2D eigenvalue weighted by molar-refractivity contribution is -0.171. The fourth-order valence-electron chi connectivity index (χ4n) is 4.61. The fraction of sp³-hybridized carbons (Fsp3) is 0.359. The molecule has 1 atom stereocenters. The molecule has 62 heavy (non-hydrogen) atoms. The molecule has 4 aromatic heterocycles. The van der Waals surface area contributed by atoms with Gasteiger partial charge < -0.3 is 56.9 Å². The molecule has 0 aliphatic carbocycles. The minimum Gasteiger partial charge on any atom is -0.502 e. The van der Waals surface area contributed by atoms with Crippen molar-refractivity contribution in [1.82, 2.24) is 0 Å². The summed E-state index contributed by atoms with van der Waals surface area (Å²) in [7, 11) is -6.00. The smallest absolute Gasteiger partial charge is 0.502 e. The number of aromatic carboxylic acids is 1. The van der Waals surface area contributed by atoms with Gasteiger partial charge >= 0.3 is 21.6 Å². The van der Waals surface area contributed by atoms with Crippen LogP contribution in [-0.2, 0) is 52.3 Å².